The summed E-state index contributed by atoms with van der Waals surface area (Å²) in [5, 5.41) is 12.6. The molecule has 0 unspecified atom stereocenters. The van der Waals surface area contributed by atoms with Gasteiger partial charge < -0.3 is 9.67 Å². The van der Waals surface area contributed by atoms with Crippen molar-refractivity contribution in [2.24, 2.45) is 0 Å². The van der Waals surface area contributed by atoms with Crippen LogP contribution in [-0.4, -0.2) is 39.3 Å². The van der Waals surface area contributed by atoms with Crippen LogP contribution in [0.25, 0.3) is 10.9 Å². The summed E-state index contributed by atoms with van der Waals surface area (Å²) in [7, 11) is 0. The van der Waals surface area contributed by atoms with E-state index in [2.05, 4.69) is 48.4 Å². The van der Waals surface area contributed by atoms with Crippen molar-refractivity contribution in [2.45, 2.75) is 110 Å². The van der Waals surface area contributed by atoms with Gasteiger partial charge in [-0.25, -0.2) is 0 Å². The quantitative estimate of drug-likeness (QED) is 0.659. The average molecular weight is 397 g/mol. The molecule has 0 radical (unpaired) electrons. The van der Waals surface area contributed by atoms with Crippen LogP contribution in [0.4, 0.5) is 0 Å². The van der Waals surface area contributed by atoms with E-state index < -0.39 is 0 Å². The summed E-state index contributed by atoms with van der Waals surface area (Å²) >= 11 is 0. The van der Waals surface area contributed by atoms with E-state index in [1.54, 1.807) is 0 Å². The Hall–Kier alpha value is -1.32. The van der Waals surface area contributed by atoms with E-state index in [0.717, 1.165) is 6.54 Å². The lowest BCUT2D eigenvalue weighted by molar-refractivity contribution is 0.0236. The fraction of sp³-hybridized carbons (Fsp3) is 0.692. The first kappa shape index (κ1) is 20.9. The Morgan fingerprint density at radius 1 is 0.931 bits per heavy atom. The van der Waals surface area contributed by atoms with Crippen LogP contribution in [0.3, 0.4) is 0 Å². The highest BCUT2D eigenvalue weighted by atomic mass is 16.3. The lowest BCUT2D eigenvalue weighted by atomic mass is 9.88. The number of fused-ring (bicyclic) bond motifs is 1. The van der Waals surface area contributed by atoms with Crippen molar-refractivity contribution in [3.63, 3.8) is 0 Å². The van der Waals surface area contributed by atoms with Gasteiger partial charge in [0.15, 0.2) is 0 Å². The maximum Gasteiger partial charge on any atom is 0.0846 e. The molecule has 160 valence electrons. The average Bonchev–Trinajstić information content (AvgIpc) is 2.97. The minimum absolute atomic E-state index is 0.311. The number of rotatable bonds is 6. The normalized spacial score (nSPS) is 20.6. The van der Waals surface area contributed by atoms with Crippen LogP contribution in [0.1, 0.15) is 81.0 Å². The van der Waals surface area contributed by atoms with Gasteiger partial charge in [-0.2, -0.15) is 0 Å². The molecule has 0 bridgehead atoms. The predicted octanol–water partition coefficient (Wildman–Crippen LogP) is 5.89. The molecular weight excluding hydrogens is 356 g/mol. The monoisotopic (exact) mass is 396 g/mol. The maximum atomic E-state index is 11.2. The Balaban J connectivity index is 1.52. The van der Waals surface area contributed by atoms with Crippen molar-refractivity contribution in [1.29, 1.82) is 0 Å². The Labute approximate surface area is 177 Å². The number of aliphatic hydroxyl groups excluding tert-OH is 1. The number of hydrogen-bond donors (Lipinski definition) is 1. The number of hydrogen-bond acceptors (Lipinski definition) is 2. The van der Waals surface area contributed by atoms with Gasteiger partial charge in [0.05, 0.1) is 12.6 Å². The molecule has 2 aliphatic carbocycles. The van der Waals surface area contributed by atoms with Gasteiger partial charge in [-0.15, -0.1) is 0 Å². The molecule has 1 atom stereocenters. The molecule has 4 rings (SSSR count). The first-order chi connectivity index (χ1) is 14.0. The molecule has 2 saturated carbocycles. The van der Waals surface area contributed by atoms with Gasteiger partial charge in [0.25, 0.3) is 0 Å². The molecule has 1 aromatic heterocycles. The molecular formula is C26H40N2O. The minimum Gasteiger partial charge on any atom is -0.390 e. The highest BCUT2D eigenvalue weighted by Crippen LogP contribution is 2.31. The summed E-state index contributed by atoms with van der Waals surface area (Å²) in [5.41, 5.74) is 5.23. The van der Waals surface area contributed by atoms with Gasteiger partial charge in [-0.05, 0) is 64.2 Å². The first-order valence-corrected chi connectivity index (χ1v) is 12.0. The van der Waals surface area contributed by atoms with E-state index in [9.17, 15) is 5.11 Å². The summed E-state index contributed by atoms with van der Waals surface area (Å²) in [5.74, 6) is 0. The summed E-state index contributed by atoms with van der Waals surface area (Å²) in [6.07, 6.45) is 13.2. The van der Waals surface area contributed by atoms with Crippen molar-refractivity contribution in [2.75, 3.05) is 6.54 Å². The minimum atomic E-state index is -0.311. The van der Waals surface area contributed by atoms with E-state index in [1.807, 2.05) is 0 Å². The van der Waals surface area contributed by atoms with Crippen LogP contribution < -0.4 is 0 Å². The van der Waals surface area contributed by atoms with Crippen LogP contribution in [0.15, 0.2) is 18.2 Å². The second-order valence-electron chi connectivity index (χ2n) is 9.78. The van der Waals surface area contributed by atoms with Gasteiger partial charge in [0.1, 0.15) is 0 Å². The van der Waals surface area contributed by atoms with Gasteiger partial charge in [0, 0.05) is 35.2 Å². The van der Waals surface area contributed by atoms with Crippen molar-refractivity contribution < 1.29 is 5.11 Å². The summed E-state index contributed by atoms with van der Waals surface area (Å²) in [4.78, 5) is 2.74. The summed E-state index contributed by atoms with van der Waals surface area (Å²) in [6, 6.07) is 8.09. The fourth-order valence-electron chi connectivity index (χ4n) is 5.93. The Morgan fingerprint density at radius 3 is 2.10 bits per heavy atom. The van der Waals surface area contributed by atoms with Gasteiger partial charge >= 0.3 is 0 Å². The number of nitrogens with zero attached hydrogens (tertiary/aromatic N) is 2. The van der Waals surface area contributed by atoms with Crippen molar-refractivity contribution >= 4 is 10.9 Å². The van der Waals surface area contributed by atoms with Crippen molar-refractivity contribution in [3.8, 4) is 0 Å². The number of aryl methyl sites for hydroxylation is 2. The fourth-order valence-corrected chi connectivity index (χ4v) is 5.93. The van der Waals surface area contributed by atoms with Crippen LogP contribution in [0.5, 0.6) is 0 Å². The molecule has 3 nitrogen and oxygen atoms in total. The third kappa shape index (κ3) is 4.56. The largest absolute Gasteiger partial charge is 0.390 e. The zero-order valence-electron chi connectivity index (χ0n) is 18.8. The van der Waals surface area contributed by atoms with Crippen molar-refractivity contribution in [1.82, 2.24) is 9.47 Å². The van der Waals surface area contributed by atoms with E-state index in [-0.39, 0.29) is 6.10 Å². The molecule has 1 aromatic carbocycles. The molecule has 0 aliphatic heterocycles. The first-order valence-electron chi connectivity index (χ1n) is 12.0. The molecule has 0 spiro atoms. The second-order valence-corrected chi connectivity index (χ2v) is 9.78. The smallest absolute Gasteiger partial charge is 0.0846 e. The summed E-state index contributed by atoms with van der Waals surface area (Å²) in [6.45, 7) is 8.12. The molecule has 29 heavy (non-hydrogen) atoms. The van der Waals surface area contributed by atoms with Gasteiger partial charge in [0.2, 0.25) is 0 Å². The van der Waals surface area contributed by atoms with Crippen LogP contribution in [-0.2, 0) is 6.54 Å². The van der Waals surface area contributed by atoms with Crippen LogP contribution >= 0.6 is 0 Å². The second kappa shape index (κ2) is 9.22. The van der Waals surface area contributed by atoms with E-state index >= 15 is 0 Å². The topological polar surface area (TPSA) is 28.4 Å². The number of benzene rings is 1. The maximum absolute atomic E-state index is 11.2. The molecule has 0 amide bonds. The lowest BCUT2D eigenvalue weighted by Crippen LogP contribution is -2.49. The van der Waals surface area contributed by atoms with E-state index in [1.165, 1.54) is 91.9 Å². The SMILES string of the molecule is Cc1ccc2c(c1)c(C)c(C)n2C[C@H](O)CN(C1CCCCC1)C1CCCCC1. The summed E-state index contributed by atoms with van der Waals surface area (Å²) < 4.78 is 2.36. The van der Waals surface area contributed by atoms with E-state index in [4.69, 9.17) is 0 Å². The molecule has 1 N–H and O–H groups in total. The number of aliphatic hydroxyl groups is 1. The van der Waals surface area contributed by atoms with Gasteiger partial charge in [-0.1, -0.05) is 50.2 Å². The standard InChI is InChI=1S/C26H40N2O/c1-19-14-15-26-25(16-19)20(2)21(3)27(26)17-24(29)18-28(22-10-6-4-7-11-22)23-12-8-5-9-13-23/h14-16,22-24,29H,4-13,17-18H2,1-3H3/t24-/m0/s1. The highest BCUT2D eigenvalue weighted by molar-refractivity contribution is 5.85. The van der Waals surface area contributed by atoms with Crippen LogP contribution in [0, 0.1) is 20.8 Å². The third-order valence-corrected chi connectivity index (χ3v) is 7.70. The number of aromatic nitrogens is 1. The highest BCUT2D eigenvalue weighted by Gasteiger charge is 2.30. The zero-order chi connectivity index (χ0) is 20.4. The predicted molar refractivity (Wildman–Crippen MR) is 123 cm³/mol. The molecule has 0 saturated heterocycles. The van der Waals surface area contributed by atoms with Crippen molar-refractivity contribution in [3.05, 3.63) is 35.0 Å². The molecule has 3 heteroatoms. The third-order valence-electron chi connectivity index (χ3n) is 7.70. The molecule has 1 heterocycles. The Bertz CT molecular complexity index is 794. The molecule has 2 aliphatic rings. The Morgan fingerprint density at radius 2 is 1.52 bits per heavy atom. The van der Waals surface area contributed by atoms with Gasteiger partial charge in [-0.3, -0.25) is 4.90 Å². The molecule has 2 fully saturated rings. The van der Waals surface area contributed by atoms with Crippen LogP contribution in [0.2, 0.25) is 0 Å². The lowest BCUT2D eigenvalue weighted by Gasteiger charge is -2.42. The zero-order valence-corrected chi connectivity index (χ0v) is 18.8. The molecule has 2 aromatic rings. The van der Waals surface area contributed by atoms with E-state index in [0.29, 0.717) is 18.6 Å². The Kier molecular flexibility index (Phi) is 6.66.